The molecule has 23 heavy (non-hydrogen) atoms. The van der Waals surface area contributed by atoms with Gasteiger partial charge in [-0.3, -0.25) is 9.59 Å². The van der Waals surface area contributed by atoms with E-state index in [9.17, 15) is 9.59 Å². The Bertz CT molecular complexity index is 690. The van der Waals surface area contributed by atoms with Crippen molar-refractivity contribution in [3.8, 4) is 5.69 Å². The van der Waals surface area contributed by atoms with Gasteiger partial charge in [0.05, 0.1) is 5.69 Å². The van der Waals surface area contributed by atoms with Crippen molar-refractivity contribution in [2.45, 2.75) is 33.1 Å². The Balaban J connectivity index is 1.96. The number of carboxylic acids is 1. The lowest BCUT2D eigenvalue weighted by Gasteiger charge is -2.04. The summed E-state index contributed by atoms with van der Waals surface area (Å²) in [4.78, 5) is 22.5. The molecule has 1 heterocycles. The summed E-state index contributed by atoms with van der Waals surface area (Å²) in [5, 5.41) is 15.7. The van der Waals surface area contributed by atoms with E-state index < -0.39 is 5.97 Å². The third-order valence-electron chi connectivity index (χ3n) is 3.50. The highest BCUT2D eigenvalue weighted by Crippen LogP contribution is 2.13. The number of aromatic nitrogens is 2. The minimum atomic E-state index is -0.816. The van der Waals surface area contributed by atoms with Crippen molar-refractivity contribution in [1.29, 1.82) is 0 Å². The molecule has 2 N–H and O–H groups in total. The molecule has 0 atom stereocenters. The predicted octanol–water partition coefficient (Wildman–Crippen LogP) is 2.47. The minimum absolute atomic E-state index is 0.122. The van der Waals surface area contributed by atoms with Gasteiger partial charge in [0.1, 0.15) is 0 Å². The number of hydrogen-bond acceptors (Lipinski definition) is 3. The van der Waals surface area contributed by atoms with Crippen LogP contribution in [0.3, 0.4) is 0 Å². The first-order valence-corrected chi connectivity index (χ1v) is 7.61. The van der Waals surface area contributed by atoms with Gasteiger partial charge in [-0.2, -0.15) is 5.10 Å². The molecule has 0 radical (unpaired) electrons. The number of carbonyl (C=O) groups excluding carboxylic acids is 1. The molecule has 0 bridgehead atoms. The first-order valence-electron chi connectivity index (χ1n) is 7.61. The second kappa shape index (κ2) is 7.58. The maximum atomic E-state index is 12.1. The molecule has 0 fully saturated rings. The van der Waals surface area contributed by atoms with Crippen molar-refractivity contribution in [1.82, 2.24) is 15.1 Å². The molecule has 0 aliphatic rings. The molecule has 6 heteroatoms. The second-order valence-electron chi connectivity index (χ2n) is 5.53. The Labute approximate surface area is 135 Å². The van der Waals surface area contributed by atoms with E-state index in [-0.39, 0.29) is 12.3 Å². The van der Waals surface area contributed by atoms with E-state index in [2.05, 4.69) is 10.4 Å². The summed E-state index contributed by atoms with van der Waals surface area (Å²) in [6.45, 7) is 4.36. The number of unbranched alkanes of at least 4 members (excludes halogenated alkanes) is 1. The summed E-state index contributed by atoms with van der Waals surface area (Å²) in [5.41, 5.74) is 3.32. The van der Waals surface area contributed by atoms with Crippen molar-refractivity contribution < 1.29 is 14.7 Å². The average molecular weight is 315 g/mol. The van der Waals surface area contributed by atoms with E-state index in [0.29, 0.717) is 25.1 Å². The summed E-state index contributed by atoms with van der Waals surface area (Å²) in [7, 11) is 0. The fraction of sp³-hybridized carbons (Fsp3) is 0.353. The normalized spacial score (nSPS) is 10.5. The quantitative estimate of drug-likeness (QED) is 0.769. The molecule has 0 aliphatic carbocycles. The van der Waals surface area contributed by atoms with Crippen LogP contribution in [0, 0.1) is 13.8 Å². The minimum Gasteiger partial charge on any atom is -0.481 e. The van der Waals surface area contributed by atoms with Gasteiger partial charge in [0.15, 0.2) is 5.69 Å². The molecule has 1 amide bonds. The van der Waals surface area contributed by atoms with Gasteiger partial charge in [-0.1, -0.05) is 17.7 Å². The number of amides is 1. The van der Waals surface area contributed by atoms with Gasteiger partial charge in [-0.25, -0.2) is 4.68 Å². The highest BCUT2D eigenvalue weighted by Gasteiger charge is 2.12. The largest absolute Gasteiger partial charge is 0.481 e. The van der Waals surface area contributed by atoms with Crippen LogP contribution in [0.25, 0.3) is 5.69 Å². The van der Waals surface area contributed by atoms with Crippen LogP contribution in [0.5, 0.6) is 0 Å². The van der Waals surface area contributed by atoms with Crippen LogP contribution in [0.2, 0.25) is 0 Å². The maximum Gasteiger partial charge on any atom is 0.303 e. The molecule has 2 rings (SSSR count). The molecule has 2 aromatic rings. The molecule has 6 nitrogen and oxygen atoms in total. The van der Waals surface area contributed by atoms with Crippen molar-refractivity contribution in [2.24, 2.45) is 0 Å². The van der Waals surface area contributed by atoms with Gasteiger partial charge in [0.2, 0.25) is 0 Å². The third-order valence-corrected chi connectivity index (χ3v) is 3.50. The van der Waals surface area contributed by atoms with E-state index in [0.717, 1.165) is 16.9 Å². The number of aliphatic carboxylic acids is 1. The first-order chi connectivity index (χ1) is 11.0. The lowest BCUT2D eigenvalue weighted by atomic mass is 10.2. The van der Waals surface area contributed by atoms with E-state index in [1.54, 1.807) is 10.7 Å². The highest BCUT2D eigenvalue weighted by atomic mass is 16.4. The lowest BCUT2D eigenvalue weighted by Crippen LogP contribution is -2.25. The number of carbonyl (C=O) groups is 2. The zero-order valence-electron chi connectivity index (χ0n) is 13.4. The van der Waals surface area contributed by atoms with Crippen LogP contribution in [0.15, 0.2) is 30.3 Å². The predicted molar refractivity (Wildman–Crippen MR) is 86.9 cm³/mol. The molecule has 122 valence electrons. The van der Waals surface area contributed by atoms with Crippen LogP contribution in [-0.2, 0) is 4.79 Å². The molecule has 0 saturated heterocycles. The number of nitrogens with one attached hydrogen (secondary N) is 1. The monoisotopic (exact) mass is 315 g/mol. The molecular formula is C17H21N3O3. The van der Waals surface area contributed by atoms with Crippen LogP contribution in [-0.4, -0.2) is 33.3 Å². The fourth-order valence-corrected chi connectivity index (χ4v) is 2.23. The van der Waals surface area contributed by atoms with Crippen molar-refractivity contribution in [2.75, 3.05) is 6.54 Å². The molecule has 1 aromatic carbocycles. The molecule has 0 unspecified atom stereocenters. The molecule has 0 aliphatic heterocycles. The van der Waals surface area contributed by atoms with Gasteiger partial charge in [0.25, 0.3) is 5.91 Å². The number of nitrogens with zero attached hydrogens (tertiary/aromatic N) is 2. The maximum absolute atomic E-state index is 12.1. The highest BCUT2D eigenvalue weighted by molar-refractivity contribution is 5.92. The molecule has 1 aromatic heterocycles. The van der Waals surface area contributed by atoms with Gasteiger partial charge >= 0.3 is 5.97 Å². The van der Waals surface area contributed by atoms with Crippen molar-refractivity contribution in [3.63, 3.8) is 0 Å². The zero-order valence-corrected chi connectivity index (χ0v) is 13.4. The van der Waals surface area contributed by atoms with Crippen molar-refractivity contribution >= 4 is 11.9 Å². The average Bonchev–Trinajstić information content (AvgIpc) is 2.89. The fourth-order valence-electron chi connectivity index (χ4n) is 2.23. The standard InChI is InChI=1S/C17H21N3O3/c1-12-6-8-14(9-7-12)20-13(2)11-15(19-20)17(23)18-10-4-3-5-16(21)22/h6-9,11H,3-5,10H2,1-2H3,(H,18,23)(H,21,22). The van der Waals surface area contributed by atoms with E-state index >= 15 is 0 Å². The summed E-state index contributed by atoms with van der Waals surface area (Å²) in [6, 6.07) is 9.66. The van der Waals surface area contributed by atoms with Gasteiger partial charge < -0.3 is 10.4 Å². The van der Waals surface area contributed by atoms with Crippen molar-refractivity contribution in [3.05, 3.63) is 47.3 Å². The topological polar surface area (TPSA) is 84.2 Å². The molecular weight excluding hydrogens is 294 g/mol. The number of benzene rings is 1. The number of hydrogen-bond donors (Lipinski definition) is 2. The zero-order chi connectivity index (χ0) is 16.8. The Morgan fingerprint density at radius 1 is 1.17 bits per heavy atom. The number of rotatable bonds is 7. The van der Waals surface area contributed by atoms with Crippen LogP contribution in [0.1, 0.15) is 41.0 Å². The Morgan fingerprint density at radius 2 is 1.87 bits per heavy atom. The Hall–Kier alpha value is -2.63. The SMILES string of the molecule is Cc1ccc(-n2nc(C(=O)NCCCCC(=O)O)cc2C)cc1. The third kappa shape index (κ3) is 4.67. The molecule has 0 saturated carbocycles. The Morgan fingerprint density at radius 3 is 2.52 bits per heavy atom. The summed E-state index contributed by atoms with van der Waals surface area (Å²) >= 11 is 0. The summed E-state index contributed by atoms with van der Waals surface area (Å²) in [6.07, 6.45) is 1.30. The van der Waals surface area contributed by atoms with Crippen LogP contribution < -0.4 is 5.32 Å². The number of carboxylic acid groups (broad SMARTS) is 1. The summed E-state index contributed by atoms with van der Waals surface area (Å²) < 4.78 is 1.73. The smallest absolute Gasteiger partial charge is 0.303 e. The van der Waals surface area contributed by atoms with Gasteiger partial charge in [-0.05, 0) is 44.9 Å². The molecule has 0 spiro atoms. The lowest BCUT2D eigenvalue weighted by molar-refractivity contribution is -0.137. The van der Waals surface area contributed by atoms with Gasteiger partial charge in [-0.15, -0.1) is 0 Å². The van der Waals surface area contributed by atoms with E-state index in [1.807, 2.05) is 38.1 Å². The number of aryl methyl sites for hydroxylation is 2. The van der Waals surface area contributed by atoms with Crippen LogP contribution >= 0.6 is 0 Å². The van der Waals surface area contributed by atoms with Gasteiger partial charge in [0, 0.05) is 18.7 Å². The van der Waals surface area contributed by atoms with E-state index in [4.69, 9.17) is 5.11 Å². The first kappa shape index (κ1) is 16.7. The van der Waals surface area contributed by atoms with Crippen LogP contribution in [0.4, 0.5) is 0 Å². The second-order valence-corrected chi connectivity index (χ2v) is 5.53. The Kier molecular flexibility index (Phi) is 5.51. The summed E-state index contributed by atoms with van der Waals surface area (Å²) in [5.74, 6) is -1.06. The van der Waals surface area contributed by atoms with E-state index in [1.165, 1.54) is 0 Å².